The quantitative estimate of drug-likeness (QED) is 0.344. The van der Waals surface area contributed by atoms with E-state index in [-0.39, 0.29) is 11.5 Å². The molecule has 0 fully saturated rings. The van der Waals surface area contributed by atoms with Gasteiger partial charge in [-0.15, -0.1) is 0 Å². The first-order valence-corrected chi connectivity index (χ1v) is 10.9. The Bertz CT molecular complexity index is 1290. The molecule has 0 spiro atoms. The fourth-order valence-electron chi connectivity index (χ4n) is 2.80. The lowest BCUT2D eigenvalue weighted by Crippen LogP contribution is -2.11. The van der Waals surface area contributed by atoms with E-state index in [2.05, 4.69) is 0 Å². The highest BCUT2D eigenvalue weighted by atomic mass is 35.5. The molecule has 0 heterocycles. The number of hydrogen-bond acceptors (Lipinski definition) is 13. The van der Waals surface area contributed by atoms with Crippen LogP contribution >= 0.6 is 11.6 Å². The zero-order chi connectivity index (χ0) is 28.7. The highest BCUT2D eigenvalue weighted by molar-refractivity contribution is 6.34. The fourth-order valence-corrected chi connectivity index (χ4v) is 3.02. The van der Waals surface area contributed by atoms with Crippen LogP contribution in [0.1, 0.15) is 41.5 Å². The Balaban J connectivity index is 2.84. The van der Waals surface area contributed by atoms with Crippen molar-refractivity contribution in [3.05, 3.63) is 23.2 Å². The normalized spacial score (nSPS) is 10.1. The maximum absolute atomic E-state index is 11.8. The largest absolute Gasteiger partial charge is 0.449 e. The number of halogens is 1. The molecule has 0 aliphatic rings. The van der Waals surface area contributed by atoms with E-state index < -0.39 is 75.3 Å². The minimum atomic E-state index is -0.878. The van der Waals surface area contributed by atoms with Crippen LogP contribution in [0, 0.1) is 0 Å². The molecule has 0 unspecified atom stereocenters. The first kappa shape index (κ1) is 29.6. The van der Waals surface area contributed by atoms with E-state index in [0.29, 0.717) is 0 Å². The van der Waals surface area contributed by atoms with Gasteiger partial charge in [0.05, 0.1) is 0 Å². The zero-order valence-corrected chi connectivity index (χ0v) is 21.7. The van der Waals surface area contributed by atoms with Gasteiger partial charge in [0.25, 0.3) is 0 Å². The predicted molar refractivity (Wildman–Crippen MR) is 126 cm³/mol. The molecule has 13 nitrogen and oxygen atoms in total. The SMILES string of the molecule is CC(=O)Oc1cc(OC(C)=O)c(Oc2cc(OC(C)=O)c(OC(C)=O)c(OC(C)=O)c2)c(OC(C)=O)c1Cl. The number of benzene rings is 2. The monoisotopic (exact) mass is 552 g/mol. The van der Waals surface area contributed by atoms with Crippen LogP contribution in [0.4, 0.5) is 0 Å². The maximum Gasteiger partial charge on any atom is 0.308 e. The van der Waals surface area contributed by atoms with Gasteiger partial charge >= 0.3 is 35.8 Å². The lowest BCUT2D eigenvalue weighted by Gasteiger charge is -2.19. The Morgan fingerprint density at radius 3 is 1.21 bits per heavy atom. The lowest BCUT2D eigenvalue weighted by molar-refractivity contribution is -0.135. The Labute approximate surface area is 220 Å². The van der Waals surface area contributed by atoms with Gasteiger partial charge in [-0.25, -0.2) is 0 Å². The molecule has 2 aromatic rings. The molecule has 14 heteroatoms. The van der Waals surface area contributed by atoms with Crippen LogP contribution in [0.2, 0.25) is 5.02 Å². The Hall–Kier alpha value is -4.65. The standard InChI is InChI=1S/C24H21ClO13/c1-10(26)32-17-9-20(35-13(4)29)23(24(21(17)25)37-15(6)31)38-16-7-18(33-11(2)27)22(36-14(5)30)19(8-16)34-12(3)28/h7-9H,1-6H3. The average molecular weight is 553 g/mol. The topological polar surface area (TPSA) is 167 Å². The summed E-state index contributed by atoms with van der Waals surface area (Å²) in [5.41, 5.74) is 0. The van der Waals surface area contributed by atoms with Crippen LogP contribution in [0.5, 0.6) is 46.0 Å². The van der Waals surface area contributed by atoms with Gasteiger partial charge in [-0.3, -0.25) is 28.8 Å². The number of carbonyl (C=O) groups excluding carboxylic acids is 6. The molecular formula is C24H21ClO13. The van der Waals surface area contributed by atoms with Gasteiger partial charge in [-0.05, 0) is 0 Å². The Morgan fingerprint density at radius 1 is 0.474 bits per heavy atom. The highest BCUT2D eigenvalue weighted by Gasteiger charge is 2.28. The van der Waals surface area contributed by atoms with Gasteiger partial charge in [-0.2, -0.15) is 0 Å². The Morgan fingerprint density at radius 2 is 0.816 bits per heavy atom. The number of ether oxygens (including phenoxy) is 7. The summed E-state index contributed by atoms with van der Waals surface area (Å²) in [6, 6.07) is 3.16. The van der Waals surface area contributed by atoms with Crippen molar-refractivity contribution in [3.63, 3.8) is 0 Å². The summed E-state index contributed by atoms with van der Waals surface area (Å²) in [6.45, 7) is 6.35. The van der Waals surface area contributed by atoms with E-state index in [1.807, 2.05) is 0 Å². The third kappa shape index (κ3) is 8.20. The molecule has 0 saturated carbocycles. The molecule has 202 valence electrons. The maximum atomic E-state index is 11.8. The van der Waals surface area contributed by atoms with Crippen molar-refractivity contribution in [1.82, 2.24) is 0 Å². The van der Waals surface area contributed by atoms with Gasteiger partial charge in [0.15, 0.2) is 28.7 Å². The highest BCUT2D eigenvalue weighted by Crippen LogP contribution is 2.51. The van der Waals surface area contributed by atoms with E-state index in [4.69, 9.17) is 44.8 Å². The third-order valence-corrected chi connectivity index (χ3v) is 4.19. The predicted octanol–water partition coefficient (Wildman–Crippen LogP) is 3.68. The Kier molecular flexibility index (Phi) is 9.76. The van der Waals surface area contributed by atoms with Crippen LogP contribution in [0.3, 0.4) is 0 Å². The van der Waals surface area contributed by atoms with Crippen LogP contribution in [-0.2, 0) is 28.8 Å². The molecule has 0 aliphatic heterocycles. The summed E-state index contributed by atoms with van der Waals surface area (Å²) in [6.07, 6.45) is 0. The molecular weight excluding hydrogens is 532 g/mol. The molecule has 2 rings (SSSR count). The molecule has 2 aromatic carbocycles. The summed E-state index contributed by atoms with van der Waals surface area (Å²) in [7, 11) is 0. The molecule has 0 radical (unpaired) electrons. The van der Waals surface area contributed by atoms with Crippen molar-refractivity contribution in [2.24, 2.45) is 0 Å². The molecule has 38 heavy (non-hydrogen) atoms. The smallest absolute Gasteiger partial charge is 0.308 e. The summed E-state index contributed by atoms with van der Waals surface area (Å²) >= 11 is 6.29. The average Bonchev–Trinajstić information content (AvgIpc) is 2.74. The molecule has 0 N–H and O–H groups in total. The molecule has 0 amide bonds. The molecule has 0 atom stereocenters. The van der Waals surface area contributed by atoms with Crippen molar-refractivity contribution in [2.75, 3.05) is 0 Å². The number of carbonyl (C=O) groups is 6. The summed E-state index contributed by atoms with van der Waals surface area (Å²) in [4.78, 5) is 70.1. The zero-order valence-electron chi connectivity index (χ0n) is 20.9. The molecule has 0 aliphatic carbocycles. The van der Waals surface area contributed by atoms with E-state index in [0.717, 1.165) is 59.7 Å². The van der Waals surface area contributed by atoms with E-state index in [1.54, 1.807) is 0 Å². The van der Waals surface area contributed by atoms with Gasteiger partial charge in [0.2, 0.25) is 11.5 Å². The number of rotatable bonds is 8. The van der Waals surface area contributed by atoms with E-state index in [9.17, 15) is 28.8 Å². The van der Waals surface area contributed by atoms with Crippen LogP contribution in [0.15, 0.2) is 18.2 Å². The summed E-state index contributed by atoms with van der Waals surface area (Å²) in [5, 5.41) is -0.404. The van der Waals surface area contributed by atoms with Crippen LogP contribution in [-0.4, -0.2) is 35.8 Å². The minimum absolute atomic E-state index is 0.258. The lowest BCUT2D eigenvalue weighted by atomic mass is 10.2. The fraction of sp³-hybridized carbons (Fsp3) is 0.250. The van der Waals surface area contributed by atoms with Gasteiger partial charge < -0.3 is 33.2 Å². The summed E-state index contributed by atoms with van der Waals surface area (Å²) in [5.74, 6) is -8.18. The van der Waals surface area contributed by atoms with Crippen molar-refractivity contribution < 1.29 is 61.9 Å². The first-order valence-electron chi connectivity index (χ1n) is 10.5. The van der Waals surface area contributed by atoms with E-state index >= 15 is 0 Å². The van der Waals surface area contributed by atoms with Gasteiger partial charge in [0, 0.05) is 59.7 Å². The third-order valence-electron chi connectivity index (χ3n) is 3.83. The first-order chi connectivity index (χ1) is 17.7. The van der Waals surface area contributed by atoms with Crippen LogP contribution in [0.25, 0.3) is 0 Å². The van der Waals surface area contributed by atoms with Crippen molar-refractivity contribution in [1.29, 1.82) is 0 Å². The molecule has 0 saturated heterocycles. The van der Waals surface area contributed by atoms with Crippen molar-refractivity contribution in [3.8, 4) is 46.0 Å². The summed E-state index contributed by atoms with van der Waals surface area (Å²) < 4.78 is 36.3. The van der Waals surface area contributed by atoms with Gasteiger partial charge in [-0.1, -0.05) is 11.6 Å². The molecule has 0 bridgehead atoms. The van der Waals surface area contributed by atoms with Crippen molar-refractivity contribution in [2.45, 2.75) is 41.5 Å². The second-order valence-corrected chi connectivity index (χ2v) is 7.64. The minimum Gasteiger partial charge on any atom is -0.449 e. The second-order valence-electron chi connectivity index (χ2n) is 7.26. The molecule has 0 aromatic heterocycles. The second kappa shape index (κ2) is 12.5. The van der Waals surface area contributed by atoms with Crippen LogP contribution < -0.4 is 33.2 Å². The van der Waals surface area contributed by atoms with E-state index in [1.165, 1.54) is 0 Å². The number of hydrogen-bond donors (Lipinski definition) is 0. The number of esters is 6. The van der Waals surface area contributed by atoms with Crippen molar-refractivity contribution >= 4 is 47.4 Å². The van der Waals surface area contributed by atoms with Gasteiger partial charge in [0.1, 0.15) is 10.8 Å².